The number of nitrogens with zero attached hydrogens (tertiary/aromatic N) is 2. The maximum atomic E-state index is 6.24. The van der Waals surface area contributed by atoms with Gasteiger partial charge >= 0.3 is 0 Å². The molecule has 0 aliphatic heterocycles. The van der Waals surface area contributed by atoms with Crippen molar-refractivity contribution in [1.29, 1.82) is 0 Å². The molecule has 0 heterocycles. The molecule has 3 nitrogen and oxygen atoms in total. The molecule has 0 saturated heterocycles. The lowest BCUT2D eigenvalue weighted by Gasteiger charge is -2.10. The van der Waals surface area contributed by atoms with Crippen molar-refractivity contribution in [2.75, 3.05) is 0 Å². The lowest BCUT2D eigenvalue weighted by molar-refractivity contribution is 0.482. The standard InChI is InChI=1S/C42H32N2O/c1-31-11-9-17-37(27-31)43-29-41(33-13-5-3-6-14-33)35-19-23-39(24-20-35)45-40-25-21-36(22-26-40)42(34-15-7-4-8-16-34)30-44-38-18-10-12-32(2)28-38/h3-28H,1-2H3. The van der Waals surface area contributed by atoms with E-state index < -0.39 is 0 Å². The average molecular weight is 581 g/mol. The number of aryl methyl sites for hydroxylation is 2. The summed E-state index contributed by atoms with van der Waals surface area (Å²) in [5.74, 6) is 8.10. The van der Waals surface area contributed by atoms with Crippen molar-refractivity contribution in [2.24, 2.45) is 9.98 Å². The second-order valence-electron chi connectivity index (χ2n) is 10.8. The molecule has 0 radical (unpaired) electrons. The number of ether oxygens (including phenoxy) is 1. The largest absolute Gasteiger partial charge is 0.457 e. The Hall–Kier alpha value is -5.98. The average Bonchev–Trinajstić information content (AvgIpc) is 3.07. The fraction of sp³-hybridized carbons (Fsp3) is 0.0476. The van der Waals surface area contributed by atoms with Gasteiger partial charge in [-0.3, -0.25) is 0 Å². The van der Waals surface area contributed by atoms with Crippen LogP contribution in [0.1, 0.15) is 33.4 Å². The normalized spacial score (nSPS) is 10.3. The van der Waals surface area contributed by atoms with Crippen LogP contribution in [0.2, 0.25) is 0 Å². The van der Waals surface area contributed by atoms with Gasteiger partial charge < -0.3 is 4.74 Å². The lowest BCUT2D eigenvalue weighted by atomic mass is 9.99. The molecule has 0 N–H and O–H groups in total. The molecule has 0 saturated carbocycles. The van der Waals surface area contributed by atoms with Gasteiger partial charge in [-0.25, -0.2) is 9.98 Å². The molecule has 0 fully saturated rings. The van der Waals surface area contributed by atoms with Gasteiger partial charge in [-0.15, -0.1) is 0 Å². The zero-order chi connectivity index (χ0) is 30.8. The number of rotatable bonds is 8. The number of hydrogen-bond donors (Lipinski definition) is 0. The lowest BCUT2D eigenvalue weighted by Crippen LogP contribution is -1.91. The van der Waals surface area contributed by atoms with Gasteiger partial charge in [0.1, 0.15) is 11.5 Å². The van der Waals surface area contributed by atoms with E-state index in [0.717, 1.165) is 67.4 Å². The first kappa shape index (κ1) is 29.1. The van der Waals surface area contributed by atoms with Crippen LogP contribution in [0.25, 0.3) is 11.1 Å². The second-order valence-corrected chi connectivity index (χ2v) is 10.8. The summed E-state index contributed by atoms with van der Waals surface area (Å²) in [6, 6.07) is 52.7. The summed E-state index contributed by atoms with van der Waals surface area (Å²) in [5, 5.41) is 0. The maximum Gasteiger partial charge on any atom is 0.127 e. The van der Waals surface area contributed by atoms with Crippen LogP contribution >= 0.6 is 0 Å². The Morgan fingerprint density at radius 3 is 1.18 bits per heavy atom. The van der Waals surface area contributed by atoms with Gasteiger partial charge in [-0.05, 0) is 132 Å². The molecule has 0 unspecified atom stereocenters. The predicted molar refractivity (Wildman–Crippen MR) is 187 cm³/mol. The van der Waals surface area contributed by atoms with Crippen LogP contribution in [-0.2, 0) is 0 Å². The number of benzene rings is 6. The smallest absolute Gasteiger partial charge is 0.127 e. The summed E-state index contributed by atoms with van der Waals surface area (Å²) < 4.78 is 6.24. The van der Waals surface area contributed by atoms with Crippen LogP contribution in [0.5, 0.6) is 11.5 Å². The number of aliphatic imine (C=N–C) groups is 2. The minimum atomic E-state index is 0.745. The highest BCUT2D eigenvalue weighted by atomic mass is 16.5. The van der Waals surface area contributed by atoms with Crippen LogP contribution < -0.4 is 4.74 Å². The molecule has 45 heavy (non-hydrogen) atoms. The molecule has 0 aliphatic rings. The monoisotopic (exact) mass is 580 g/mol. The second kappa shape index (κ2) is 14.0. The summed E-state index contributed by atoms with van der Waals surface area (Å²) in [4.78, 5) is 9.31. The van der Waals surface area contributed by atoms with E-state index in [4.69, 9.17) is 4.74 Å². The summed E-state index contributed by atoms with van der Waals surface area (Å²) >= 11 is 0. The summed E-state index contributed by atoms with van der Waals surface area (Å²) in [6.45, 7) is 4.13. The molecule has 0 bridgehead atoms. The van der Waals surface area contributed by atoms with Crippen LogP contribution in [0, 0.1) is 13.8 Å². The van der Waals surface area contributed by atoms with E-state index in [9.17, 15) is 0 Å². The Kier molecular flexibility index (Phi) is 9.05. The van der Waals surface area contributed by atoms with Crippen molar-refractivity contribution in [2.45, 2.75) is 13.8 Å². The Labute approximate surface area is 264 Å². The minimum Gasteiger partial charge on any atom is -0.457 e. The van der Waals surface area contributed by atoms with Crippen molar-refractivity contribution in [3.05, 3.63) is 191 Å². The highest BCUT2D eigenvalue weighted by Crippen LogP contribution is 2.29. The zero-order valence-electron chi connectivity index (χ0n) is 25.3. The SMILES string of the molecule is Cc1cccc(N=C=C(c2ccccc2)c2ccc(Oc3ccc(C(=C=Nc4cccc(C)c4)c4ccccc4)cc3)cc2)c1. The molecule has 0 amide bonds. The van der Waals surface area contributed by atoms with E-state index in [0.29, 0.717) is 0 Å². The highest BCUT2D eigenvalue weighted by molar-refractivity contribution is 6.00. The Bertz CT molecular complexity index is 1880. The predicted octanol–water partition coefficient (Wildman–Crippen LogP) is 11.0. The molecular formula is C42H32N2O. The third-order valence-electron chi connectivity index (χ3n) is 7.24. The molecule has 0 aliphatic carbocycles. The van der Waals surface area contributed by atoms with Gasteiger partial charge in [0.2, 0.25) is 0 Å². The maximum absolute atomic E-state index is 6.24. The Morgan fingerprint density at radius 1 is 0.422 bits per heavy atom. The molecule has 0 aromatic heterocycles. The van der Waals surface area contributed by atoms with Gasteiger partial charge in [0.25, 0.3) is 0 Å². The Balaban J connectivity index is 1.25. The first-order valence-electron chi connectivity index (χ1n) is 14.9. The van der Waals surface area contributed by atoms with Crippen molar-refractivity contribution in [1.82, 2.24) is 0 Å². The van der Waals surface area contributed by atoms with Crippen molar-refractivity contribution in [3.8, 4) is 11.5 Å². The molecule has 0 atom stereocenters. The van der Waals surface area contributed by atoms with Crippen LogP contribution in [0.4, 0.5) is 11.4 Å². The zero-order valence-corrected chi connectivity index (χ0v) is 25.3. The van der Waals surface area contributed by atoms with Crippen molar-refractivity contribution in [3.63, 3.8) is 0 Å². The number of hydrogen-bond acceptors (Lipinski definition) is 3. The first-order valence-corrected chi connectivity index (χ1v) is 14.9. The third kappa shape index (κ3) is 7.70. The van der Waals surface area contributed by atoms with E-state index in [1.54, 1.807) is 0 Å². The van der Waals surface area contributed by atoms with E-state index >= 15 is 0 Å². The molecule has 6 rings (SSSR count). The van der Waals surface area contributed by atoms with Crippen LogP contribution in [-0.4, -0.2) is 11.7 Å². The van der Waals surface area contributed by atoms with Gasteiger partial charge in [-0.1, -0.05) is 84.9 Å². The molecule has 6 aromatic carbocycles. The summed E-state index contributed by atoms with van der Waals surface area (Å²) in [5.41, 5.74) is 10.0. The summed E-state index contributed by atoms with van der Waals surface area (Å²) in [6.07, 6.45) is 0. The van der Waals surface area contributed by atoms with E-state index in [1.807, 2.05) is 121 Å². The Morgan fingerprint density at radius 2 is 0.800 bits per heavy atom. The molecular weight excluding hydrogens is 548 g/mol. The van der Waals surface area contributed by atoms with Gasteiger partial charge in [0.15, 0.2) is 0 Å². The fourth-order valence-electron chi connectivity index (χ4n) is 4.95. The van der Waals surface area contributed by atoms with Crippen molar-refractivity contribution >= 4 is 34.3 Å². The molecule has 3 heteroatoms. The third-order valence-corrected chi connectivity index (χ3v) is 7.24. The van der Waals surface area contributed by atoms with Gasteiger partial charge in [0, 0.05) is 0 Å². The fourth-order valence-corrected chi connectivity index (χ4v) is 4.95. The molecule has 0 spiro atoms. The van der Waals surface area contributed by atoms with Crippen LogP contribution in [0.15, 0.2) is 168 Å². The van der Waals surface area contributed by atoms with Gasteiger partial charge in [-0.2, -0.15) is 0 Å². The quantitative estimate of drug-likeness (QED) is 0.165. The minimum absolute atomic E-state index is 0.745. The van der Waals surface area contributed by atoms with Crippen LogP contribution in [0.3, 0.4) is 0 Å². The van der Waals surface area contributed by atoms with Gasteiger partial charge in [0.05, 0.1) is 22.5 Å². The molecule has 216 valence electrons. The van der Waals surface area contributed by atoms with E-state index in [-0.39, 0.29) is 0 Å². The van der Waals surface area contributed by atoms with E-state index in [2.05, 4.69) is 72.0 Å². The summed E-state index contributed by atoms with van der Waals surface area (Å²) in [7, 11) is 0. The first-order chi connectivity index (χ1) is 22.1. The van der Waals surface area contributed by atoms with E-state index in [1.165, 1.54) is 0 Å². The highest BCUT2D eigenvalue weighted by Gasteiger charge is 2.08. The van der Waals surface area contributed by atoms with Crippen molar-refractivity contribution < 1.29 is 4.74 Å². The molecule has 6 aromatic rings. The topological polar surface area (TPSA) is 34.0 Å².